The van der Waals surface area contributed by atoms with Crippen molar-refractivity contribution < 1.29 is 9.32 Å². The van der Waals surface area contributed by atoms with Crippen molar-refractivity contribution in [3.8, 4) is 11.4 Å². The van der Waals surface area contributed by atoms with E-state index < -0.39 is 5.91 Å². The van der Waals surface area contributed by atoms with Crippen molar-refractivity contribution in [2.45, 2.75) is 20.4 Å². The van der Waals surface area contributed by atoms with Crippen LogP contribution in [0.1, 0.15) is 27.8 Å². The van der Waals surface area contributed by atoms with Crippen molar-refractivity contribution in [2.24, 2.45) is 0 Å². The number of hydrogen-bond acceptors (Lipinski definition) is 7. The molecule has 4 aromatic heterocycles. The van der Waals surface area contributed by atoms with E-state index in [9.17, 15) is 4.79 Å². The highest BCUT2D eigenvalue weighted by Gasteiger charge is 2.19. The average molecular weight is 349 g/mol. The van der Waals surface area contributed by atoms with Crippen LogP contribution in [0.2, 0.25) is 0 Å². The van der Waals surface area contributed by atoms with Crippen LogP contribution in [0.4, 0.5) is 0 Å². The summed E-state index contributed by atoms with van der Waals surface area (Å²) in [6.45, 7) is 4.11. The molecule has 0 radical (unpaired) electrons. The molecule has 0 unspecified atom stereocenters. The van der Waals surface area contributed by atoms with Gasteiger partial charge in [-0.3, -0.25) is 9.78 Å². The lowest BCUT2D eigenvalue weighted by molar-refractivity contribution is 0.0906. The maximum Gasteiger partial charge on any atom is 0.316 e. The molecule has 9 heteroatoms. The second kappa shape index (κ2) is 6.36. The molecule has 0 aliphatic carbocycles. The van der Waals surface area contributed by atoms with Gasteiger partial charge >= 0.3 is 11.8 Å². The first kappa shape index (κ1) is 15.9. The van der Waals surface area contributed by atoms with E-state index in [1.807, 2.05) is 38.1 Å². The minimum atomic E-state index is -0.466. The predicted octanol–water partition coefficient (Wildman–Crippen LogP) is 1.72. The monoisotopic (exact) mass is 349 g/mol. The number of aromatic nitrogens is 6. The van der Waals surface area contributed by atoms with Gasteiger partial charge in [0.15, 0.2) is 5.65 Å². The molecule has 0 aromatic carbocycles. The van der Waals surface area contributed by atoms with Crippen molar-refractivity contribution in [1.82, 2.24) is 35.0 Å². The Kier molecular flexibility index (Phi) is 3.88. The van der Waals surface area contributed by atoms with Crippen molar-refractivity contribution in [2.75, 3.05) is 0 Å². The third kappa shape index (κ3) is 2.90. The summed E-state index contributed by atoms with van der Waals surface area (Å²) in [6, 6.07) is 7.40. The summed E-state index contributed by atoms with van der Waals surface area (Å²) >= 11 is 0. The van der Waals surface area contributed by atoms with Gasteiger partial charge in [0.2, 0.25) is 5.82 Å². The van der Waals surface area contributed by atoms with Crippen LogP contribution in [0, 0.1) is 13.8 Å². The molecule has 26 heavy (non-hydrogen) atoms. The number of nitrogens with zero attached hydrogens (tertiary/aromatic N) is 6. The van der Waals surface area contributed by atoms with E-state index in [2.05, 4.69) is 30.5 Å². The van der Waals surface area contributed by atoms with Crippen LogP contribution in [-0.4, -0.2) is 35.6 Å². The highest BCUT2D eigenvalue weighted by Crippen LogP contribution is 2.21. The minimum absolute atomic E-state index is 0.125. The molecule has 4 aromatic rings. The van der Waals surface area contributed by atoms with Crippen molar-refractivity contribution in [1.29, 1.82) is 0 Å². The summed E-state index contributed by atoms with van der Waals surface area (Å²) in [5.41, 5.74) is 3.75. The van der Waals surface area contributed by atoms with Crippen LogP contribution >= 0.6 is 0 Å². The molecule has 0 saturated heterocycles. The maximum absolute atomic E-state index is 12.2. The van der Waals surface area contributed by atoms with E-state index in [0.29, 0.717) is 11.2 Å². The van der Waals surface area contributed by atoms with Gasteiger partial charge in [0.1, 0.15) is 0 Å². The zero-order chi connectivity index (χ0) is 18.1. The van der Waals surface area contributed by atoms with Crippen LogP contribution in [0.5, 0.6) is 0 Å². The molecule has 1 amide bonds. The fourth-order valence-corrected chi connectivity index (χ4v) is 2.60. The standard InChI is InChI=1S/C17H15N7O2/c1-10-7-11(2)24-15(21-10)13(9-20-24)14-22-17(26-23-14)16(25)19-8-12-5-3-4-6-18-12/h3-7,9H,8H2,1-2H3,(H,19,25). The molecular weight excluding hydrogens is 334 g/mol. The Bertz CT molecular complexity index is 1090. The van der Waals surface area contributed by atoms with E-state index in [1.54, 1.807) is 16.9 Å². The molecule has 0 fully saturated rings. The number of pyridine rings is 1. The molecule has 0 spiro atoms. The SMILES string of the molecule is Cc1cc(C)n2ncc(-c3noc(C(=O)NCc4ccccn4)n3)c2n1. The second-order valence-corrected chi connectivity index (χ2v) is 5.76. The van der Waals surface area contributed by atoms with Gasteiger partial charge in [0, 0.05) is 17.6 Å². The molecule has 0 bridgehead atoms. The van der Waals surface area contributed by atoms with E-state index >= 15 is 0 Å². The van der Waals surface area contributed by atoms with E-state index in [-0.39, 0.29) is 18.3 Å². The molecule has 4 heterocycles. The van der Waals surface area contributed by atoms with Crippen molar-refractivity contribution >= 4 is 11.6 Å². The van der Waals surface area contributed by atoms with Gasteiger partial charge in [-0.1, -0.05) is 11.2 Å². The number of amides is 1. The molecule has 9 nitrogen and oxygen atoms in total. The van der Waals surface area contributed by atoms with Gasteiger partial charge in [0.05, 0.1) is 24.0 Å². The first-order valence-corrected chi connectivity index (χ1v) is 7.96. The lowest BCUT2D eigenvalue weighted by Crippen LogP contribution is -2.23. The zero-order valence-electron chi connectivity index (χ0n) is 14.2. The van der Waals surface area contributed by atoms with Gasteiger partial charge in [-0.2, -0.15) is 10.1 Å². The third-order valence-corrected chi connectivity index (χ3v) is 3.80. The highest BCUT2D eigenvalue weighted by atomic mass is 16.5. The Balaban J connectivity index is 1.57. The number of hydrogen-bond donors (Lipinski definition) is 1. The second-order valence-electron chi connectivity index (χ2n) is 5.76. The summed E-state index contributed by atoms with van der Waals surface area (Å²) in [5.74, 6) is -0.327. The number of nitrogens with one attached hydrogen (secondary N) is 1. The number of carbonyl (C=O) groups excluding carboxylic acids is 1. The molecule has 0 atom stereocenters. The fourth-order valence-electron chi connectivity index (χ4n) is 2.60. The zero-order valence-corrected chi connectivity index (χ0v) is 14.2. The summed E-state index contributed by atoms with van der Waals surface area (Å²) in [6.07, 6.45) is 3.27. The smallest absolute Gasteiger partial charge is 0.316 e. The summed E-state index contributed by atoms with van der Waals surface area (Å²) in [4.78, 5) is 25.0. The Morgan fingerprint density at radius 3 is 2.96 bits per heavy atom. The van der Waals surface area contributed by atoms with Crippen molar-refractivity contribution in [3.63, 3.8) is 0 Å². The summed E-state index contributed by atoms with van der Waals surface area (Å²) in [7, 11) is 0. The van der Waals surface area contributed by atoms with Crippen molar-refractivity contribution in [3.05, 3.63) is 59.6 Å². The Hall–Kier alpha value is -3.62. The Morgan fingerprint density at radius 2 is 2.15 bits per heavy atom. The summed E-state index contributed by atoms with van der Waals surface area (Å²) < 4.78 is 6.78. The summed E-state index contributed by atoms with van der Waals surface area (Å²) in [5, 5.41) is 10.9. The van der Waals surface area contributed by atoms with E-state index in [4.69, 9.17) is 4.52 Å². The maximum atomic E-state index is 12.2. The molecule has 0 saturated carbocycles. The molecule has 130 valence electrons. The third-order valence-electron chi connectivity index (χ3n) is 3.80. The fraction of sp³-hybridized carbons (Fsp3) is 0.176. The number of fused-ring (bicyclic) bond motifs is 1. The van der Waals surface area contributed by atoms with E-state index in [1.165, 1.54) is 0 Å². The molecular formula is C17H15N7O2. The molecule has 1 N–H and O–H groups in total. The van der Waals surface area contributed by atoms with Gasteiger partial charge in [-0.15, -0.1) is 0 Å². The highest BCUT2D eigenvalue weighted by molar-refractivity contribution is 5.90. The van der Waals surface area contributed by atoms with Crippen LogP contribution < -0.4 is 5.32 Å². The first-order valence-electron chi connectivity index (χ1n) is 7.96. The molecule has 4 rings (SSSR count). The topological polar surface area (TPSA) is 111 Å². The minimum Gasteiger partial charge on any atom is -0.342 e. The van der Waals surface area contributed by atoms with Crippen LogP contribution in [0.15, 0.2) is 41.2 Å². The van der Waals surface area contributed by atoms with Gasteiger partial charge in [-0.25, -0.2) is 9.50 Å². The van der Waals surface area contributed by atoms with Crippen LogP contribution in [-0.2, 0) is 6.54 Å². The van der Waals surface area contributed by atoms with E-state index in [0.717, 1.165) is 17.1 Å². The number of carbonyl (C=O) groups is 1. The Labute approximate surface area is 148 Å². The Morgan fingerprint density at radius 1 is 1.27 bits per heavy atom. The molecule has 0 aliphatic heterocycles. The van der Waals surface area contributed by atoms with Gasteiger partial charge < -0.3 is 9.84 Å². The first-order chi connectivity index (χ1) is 12.6. The normalized spacial score (nSPS) is 11.0. The van der Waals surface area contributed by atoms with Gasteiger partial charge in [-0.05, 0) is 32.0 Å². The molecule has 0 aliphatic rings. The number of rotatable bonds is 4. The van der Waals surface area contributed by atoms with Gasteiger partial charge in [0.25, 0.3) is 0 Å². The average Bonchev–Trinajstić information content (AvgIpc) is 3.27. The largest absolute Gasteiger partial charge is 0.342 e. The predicted molar refractivity (Wildman–Crippen MR) is 91.2 cm³/mol. The quantitative estimate of drug-likeness (QED) is 0.597. The number of aryl methyl sites for hydroxylation is 2. The lowest BCUT2D eigenvalue weighted by Gasteiger charge is -2.01. The lowest BCUT2D eigenvalue weighted by atomic mass is 10.3. The van der Waals surface area contributed by atoms with Crippen LogP contribution in [0.3, 0.4) is 0 Å². The van der Waals surface area contributed by atoms with Crippen LogP contribution in [0.25, 0.3) is 17.0 Å².